The van der Waals surface area contributed by atoms with Gasteiger partial charge in [-0.3, -0.25) is 5.26 Å². The first-order valence-electron chi connectivity index (χ1n) is 4.45. The highest BCUT2D eigenvalue weighted by molar-refractivity contribution is 5.59. The van der Waals surface area contributed by atoms with E-state index in [4.69, 9.17) is 9.99 Å². The summed E-state index contributed by atoms with van der Waals surface area (Å²) in [6.45, 7) is -0.110. The fourth-order valence-corrected chi connectivity index (χ4v) is 0.961. The lowest BCUT2D eigenvalue weighted by molar-refractivity contribution is -0.253. The Morgan fingerprint density at radius 3 is 2.56 bits per heavy atom. The second-order valence-electron chi connectivity index (χ2n) is 2.78. The van der Waals surface area contributed by atoms with E-state index in [9.17, 15) is 4.79 Å². The summed E-state index contributed by atoms with van der Waals surface area (Å²) in [5, 5.41) is 8.22. The minimum Gasteiger partial charge on any atom is -0.457 e. The van der Waals surface area contributed by atoms with E-state index in [0.29, 0.717) is 5.75 Å². The van der Waals surface area contributed by atoms with Gasteiger partial charge in [0.2, 0.25) is 6.79 Å². The molecule has 0 spiro atoms. The number of ether oxygens (including phenoxy) is 3. The number of hydrogen-bond acceptors (Lipinski definition) is 6. The summed E-state index contributed by atoms with van der Waals surface area (Å²) in [4.78, 5) is 14.5. The summed E-state index contributed by atoms with van der Waals surface area (Å²) < 4.78 is 13.9. The van der Waals surface area contributed by atoms with Gasteiger partial charge in [-0.15, -0.1) is 0 Å². The molecule has 88 valence electrons. The van der Waals surface area contributed by atoms with E-state index in [1.165, 1.54) is 7.11 Å². The molecule has 0 amide bonds. The SMILES string of the molecule is COC(=O)OCOc1ccc(COO)cc1. The van der Waals surface area contributed by atoms with Crippen molar-refractivity contribution in [2.75, 3.05) is 13.9 Å². The smallest absolute Gasteiger partial charge is 0.457 e. The highest BCUT2D eigenvalue weighted by Crippen LogP contribution is 2.12. The van der Waals surface area contributed by atoms with Crippen LogP contribution >= 0.6 is 0 Å². The number of carbonyl (C=O) groups is 1. The van der Waals surface area contributed by atoms with Gasteiger partial charge in [0.05, 0.1) is 7.11 Å². The van der Waals surface area contributed by atoms with E-state index in [1.54, 1.807) is 24.3 Å². The molecule has 0 bridgehead atoms. The third-order valence-corrected chi connectivity index (χ3v) is 1.72. The second kappa shape index (κ2) is 6.65. The van der Waals surface area contributed by atoms with Crippen LogP contribution in [-0.2, 0) is 21.0 Å². The summed E-state index contributed by atoms with van der Waals surface area (Å²) in [6, 6.07) is 6.75. The highest BCUT2D eigenvalue weighted by atomic mass is 17.1. The molecule has 6 heteroatoms. The van der Waals surface area contributed by atoms with Gasteiger partial charge >= 0.3 is 6.16 Å². The predicted octanol–water partition coefficient (Wildman–Crippen LogP) is 1.80. The summed E-state index contributed by atoms with van der Waals surface area (Å²) in [7, 11) is 1.21. The Labute approximate surface area is 92.2 Å². The molecule has 0 aliphatic carbocycles. The Balaban J connectivity index is 2.34. The molecular weight excluding hydrogens is 216 g/mol. The highest BCUT2D eigenvalue weighted by Gasteiger charge is 2.00. The normalized spacial score (nSPS) is 9.62. The number of carbonyl (C=O) groups excluding carboxylic acids is 1. The fourth-order valence-electron chi connectivity index (χ4n) is 0.961. The van der Waals surface area contributed by atoms with Crippen LogP contribution in [0.15, 0.2) is 24.3 Å². The molecule has 0 aromatic heterocycles. The third-order valence-electron chi connectivity index (χ3n) is 1.72. The summed E-state index contributed by atoms with van der Waals surface area (Å²) >= 11 is 0. The molecule has 6 nitrogen and oxygen atoms in total. The molecule has 0 aliphatic heterocycles. The Hall–Kier alpha value is -1.79. The van der Waals surface area contributed by atoms with Gasteiger partial charge in [-0.2, -0.15) is 0 Å². The second-order valence-corrected chi connectivity index (χ2v) is 2.78. The van der Waals surface area contributed by atoms with E-state index in [1.807, 2.05) is 0 Å². The lowest BCUT2D eigenvalue weighted by Gasteiger charge is -2.06. The van der Waals surface area contributed by atoms with Gasteiger partial charge in [-0.05, 0) is 17.7 Å². The van der Waals surface area contributed by atoms with E-state index < -0.39 is 6.16 Å². The maximum absolute atomic E-state index is 10.6. The van der Waals surface area contributed by atoms with Gasteiger partial charge in [0, 0.05) is 0 Å². The van der Waals surface area contributed by atoms with Crippen LogP contribution in [0.5, 0.6) is 5.75 Å². The van der Waals surface area contributed by atoms with Crippen LogP contribution < -0.4 is 4.74 Å². The molecule has 0 heterocycles. The molecule has 0 atom stereocenters. The van der Waals surface area contributed by atoms with Crippen LogP contribution in [0.1, 0.15) is 5.56 Å². The standard InChI is InChI=1S/C10H12O6/c1-13-10(11)15-7-14-9-4-2-8(3-5-9)6-16-12/h2-5,12H,6-7H2,1H3. The van der Waals surface area contributed by atoms with Crippen LogP contribution in [0.2, 0.25) is 0 Å². The van der Waals surface area contributed by atoms with Crippen molar-refractivity contribution in [1.82, 2.24) is 0 Å². The minimum absolute atomic E-state index is 0.110. The first-order chi connectivity index (χ1) is 7.76. The van der Waals surface area contributed by atoms with Crippen molar-refractivity contribution in [3.8, 4) is 5.75 Å². The molecule has 0 saturated heterocycles. The zero-order chi connectivity index (χ0) is 11.8. The third kappa shape index (κ3) is 4.16. The predicted molar refractivity (Wildman–Crippen MR) is 52.8 cm³/mol. The van der Waals surface area contributed by atoms with Crippen molar-refractivity contribution in [1.29, 1.82) is 0 Å². The lowest BCUT2D eigenvalue weighted by atomic mass is 10.2. The Bertz CT molecular complexity index is 321. The minimum atomic E-state index is -0.801. The summed E-state index contributed by atoms with van der Waals surface area (Å²) in [5.74, 6) is 0.533. The van der Waals surface area contributed by atoms with E-state index in [2.05, 4.69) is 14.4 Å². The Morgan fingerprint density at radius 2 is 2.00 bits per heavy atom. The van der Waals surface area contributed by atoms with Gasteiger partial charge in [0.1, 0.15) is 12.4 Å². The average molecular weight is 228 g/mol. The number of methoxy groups -OCH3 is 1. The van der Waals surface area contributed by atoms with Crippen molar-refractivity contribution in [2.24, 2.45) is 0 Å². The average Bonchev–Trinajstić information content (AvgIpc) is 2.31. The fraction of sp³-hybridized carbons (Fsp3) is 0.300. The molecule has 0 fully saturated rings. The zero-order valence-corrected chi connectivity index (χ0v) is 8.71. The van der Waals surface area contributed by atoms with Crippen molar-refractivity contribution < 1.29 is 29.1 Å². The first-order valence-corrected chi connectivity index (χ1v) is 4.45. The molecule has 16 heavy (non-hydrogen) atoms. The topological polar surface area (TPSA) is 74.2 Å². The molecule has 0 aliphatic rings. The van der Waals surface area contributed by atoms with Gasteiger partial charge in [0.25, 0.3) is 0 Å². The molecule has 1 N–H and O–H groups in total. The summed E-state index contributed by atoms with van der Waals surface area (Å²) in [6.07, 6.45) is -0.801. The molecule has 1 aromatic carbocycles. The van der Waals surface area contributed by atoms with Crippen LogP contribution in [0, 0.1) is 0 Å². The monoisotopic (exact) mass is 228 g/mol. The van der Waals surface area contributed by atoms with Crippen LogP contribution in [0.25, 0.3) is 0 Å². The van der Waals surface area contributed by atoms with Crippen molar-refractivity contribution >= 4 is 6.16 Å². The molecular formula is C10H12O6. The molecule has 1 aromatic rings. The molecule has 0 saturated carbocycles. The van der Waals surface area contributed by atoms with Gasteiger partial charge in [-0.25, -0.2) is 9.68 Å². The maximum Gasteiger partial charge on any atom is 0.510 e. The number of hydrogen-bond donors (Lipinski definition) is 1. The maximum atomic E-state index is 10.6. The lowest BCUT2D eigenvalue weighted by Crippen LogP contribution is -2.09. The molecule has 0 unspecified atom stereocenters. The van der Waals surface area contributed by atoms with Crippen LogP contribution in [-0.4, -0.2) is 25.3 Å². The molecule has 1 rings (SSSR count). The van der Waals surface area contributed by atoms with Crippen LogP contribution in [0.3, 0.4) is 0 Å². The quantitative estimate of drug-likeness (QED) is 0.358. The number of benzene rings is 1. The largest absolute Gasteiger partial charge is 0.510 e. The van der Waals surface area contributed by atoms with Crippen molar-refractivity contribution in [3.05, 3.63) is 29.8 Å². The van der Waals surface area contributed by atoms with Crippen molar-refractivity contribution in [3.63, 3.8) is 0 Å². The first kappa shape index (κ1) is 12.3. The Morgan fingerprint density at radius 1 is 1.31 bits per heavy atom. The summed E-state index contributed by atoms with van der Waals surface area (Å²) in [5.41, 5.74) is 0.795. The zero-order valence-electron chi connectivity index (χ0n) is 8.71. The van der Waals surface area contributed by atoms with Gasteiger partial charge in [0.15, 0.2) is 0 Å². The van der Waals surface area contributed by atoms with Crippen molar-refractivity contribution in [2.45, 2.75) is 6.61 Å². The van der Waals surface area contributed by atoms with Gasteiger partial charge in [-0.1, -0.05) is 12.1 Å². The molecule has 0 radical (unpaired) electrons. The van der Waals surface area contributed by atoms with E-state index in [0.717, 1.165) is 5.56 Å². The van der Waals surface area contributed by atoms with E-state index in [-0.39, 0.29) is 13.4 Å². The van der Waals surface area contributed by atoms with E-state index >= 15 is 0 Å². The number of rotatable bonds is 5. The van der Waals surface area contributed by atoms with Gasteiger partial charge < -0.3 is 14.2 Å². The van der Waals surface area contributed by atoms with Crippen LogP contribution in [0.4, 0.5) is 4.79 Å². The Kier molecular flexibility index (Phi) is 5.10.